The quantitative estimate of drug-likeness (QED) is 0.873. The van der Waals surface area contributed by atoms with Crippen molar-refractivity contribution < 1.29 is 14.3 Å². The van der Waals surface area contributed by atoms with Gasteiger partial charge < -0.3 is 10.1 Å². The van der Waals surface area contributed by atoms with E-state index in [0.29, 0.717) is 27.8 Å². The number of anilines is 1. The van der Waals surface area contributed by atoms with Crippen molar-refractivity contribution in [3.05, 3.63) is 51.2 Å². The average molecular weight is 310 g/mol. The first-order chi connectivity index (χ1) is 9.61. The van der Waals surface area contributed by atoms with Crippen LogP contribution in [0.3, 0.4) is 0 Å². The Labute approximate surface area is 125 Å². The van der Waals surface area contributed by atoms with Crippen LogP contribution in [0.5, 0.6) is 0 Å². The molecule has 0 spiro atoms. The topological polar surface area (TPSA) is 55.4 Å². The third-order valence-corrected chi connectivity index (χ3v) is 3.82. The van der Waals surface area contributed by atoms with Crippen LogP contribution in [0.25, 0.3) is 0 Å². The average Bonchev–Trinajstić information content (AvgIpc) is 2.86. The van der Waals surface area contributed by atoms with Crippen LogP contribution >= 0.6 is 22.9 Å². The largest absolute Gasteiger partial charge is 0.462 e. The molecule has 0 aliphatic carbocycles. The Kier molecular flexibility index (Phi) is 4.76. The Bertz CT molecular complexity index is 622. The molecule has 6 heteroatoms. The number of thiophene rings is 1. The van der Waals surface area contributed by atoms with E-state index >= 15 is 0 Å². The molecule has 0 fully saturated rings. The third-order valence-electron chi connectivity index (χ3n) is 2.48. The molecule has 0 saturated carbocycles. The van der Waals surface area contributed by atoms with E-state index in [1.807, 2.05) is 0 Å². The SMILES string of the molecule is CCOC(=O)c1ccc(NC(=O)c2sccc2Cl)cc1. The summed E-state index contributed by atoms with van der Waals surface area (Å²) in [5.41, 5.74) is 1.03. The molecule has 20 heavy (non-hydrogen) atoms. The van der Waals surface area contributed by atoms with Gasteiger partial charge in [-0.1, -0.05) is 11.6 Å². The summed E-state index contributed by atoms with van der Waals surface area (Å²) in [7, 11) is 0. The van der Waals surface area contributed by atoms with Crippen molar-refractivity contribution in [1.29, 1.82) is 0 Å². The van der Waals surface area contributed by atoms with Crippen molar-refractivity contribution in [2.24, 2.45) is 0 Å². The zero-order valence-corrected chi connectivity index (χ0v) is 12.3. The zero-order valence-electron chi connectivity index (χ0n) is 10.7. The summed E-state index contributed by atoms with van der Waals surface area (Å²) >= 11 is 7.16. The lowest BCUT2D eigenvalue weighted by Crippen LogP contribution is -2.11. The molecule has 1 N–H and O–H groups in total. The Morgan fingerprint density at radius 1 is 1.25 bits per heavy atom. The Hall–Kier alpha value is -1.85. The standard InChI is InChI=1S/C14H12ClNO3S/c1-2-19-14(18)9-3-5-10(6-4-9)16-13(17)12-11(15)7-8-20-12/h3-8H,2H2,1H3,(H,16,17). The highest BCUT2D eigenvalue weighted by Crippen LogP contribution is 2.23. The van der Waals surface area contributed by atoms with Crippen molar-refractivity contribution in [2.75, 3.05) is 11.9 Å². The summed E-state index contributed by atoms with van der Waals surface area (Å²) in [5.74, 6) is -0.652. The van der Waals surface area contributed by atoms with Crippen molar-refractivity contribution >= 4 is 40.5 Å². The van der Waals surface area contributed by atoms with E-state index in [4.69, 9.17) is 16.3 Å². The fourth-order valence-corrected chi connectivity index (χ4v) is 2.58. The molecule has 1 amide bonds. The predicted octanol–water partition coefficient (Wildman–Crippen LogP) is 3.83. The Morgan fingerprint density at radius 2 is 1.95 bits per heavy atom. The van der Waals surface area contributed by atoms with E-state index in [1.54, 1.807) is 42.6 Å². The van der Waals surface area contributed by atoms with E-state index in [1.165, 1.54) is 11.3 Å². The highest BCUT2D eigenvalue weighted by molar-refractivity contribution is 7.12. The third kappa shape index (κ3) is 3.37. The summed E-state index contributed by atoms with van der Waals surface area (Å²) in [4.78, 5) is 23.9. The van der Waals surface area contributed by atoms with E-state index in [-0.39, 0.29) is 11.9 Å². The first-order valence-electron chi connectivity index (χ1n) is 5.93. The van der Waals surface area contributed by atoms with Crippen molar-refractivity contribution in [3.63, 3.8) is 0 Å². The molecule has 0 unspecified atom stereocenters. The maximum absolute atomic E-state index is 11.9. The summed E-state index contributed by atoms with van der Waals surface area (Å²) < 4.78 is 4.88. The lowest BCUT2D eigenvalue weighted by Gasteiger charge is -2.05. The maximum Gasteiger partial charge on any atom is 0.338 e. The number of hydrogen-bond acceptors (Lipinski definition) is 4. The number of nitrogens with one attached hydrogen (secondary N) is 1. The molecule has 1 heterocycles. The highest BCUT2D eigenvalue weighted by Gasteiger charge is 2.12. The van der Waals surface area contributed by atoms with E-state index in [9.17, 15) is 9.59 Å². The fraction of sp³-hybridized carbons (Fsp3) is 0.143. The van der Waals surface area contributed by atoms with Gasteiger partial charge >= 0.3 is 5.97 Å². The molecule has 0 aliphatic heterocycles. The summed E-state index contributed by atoms with van der Waals surface area (Å²) in [6.45, 7) is 2.07. The minimum absolute atomic E-state index is 0.270. The molecule has 0 saturated heterocycles. The van der Waals surface area contributed by atoms with Crippen LogP contribution in [0.15, 0.2) is 35.7 Å². The van der Waals surface area contributed by atoms with Crippen LogP contribution in [0, 0.1) is 0 Å². The monoisotopic (exact) mass is 309 g/mol. The molecule has 0 radical (unpaired) electrons. The van der Waals surface area contributed by atoms with Gasteiger partial charge in [0, 0.05) is 5.69 Å². The van der Waals surface area contributed by atoms with Gasteiger partial charge in [-0.05, 0) is 42.6 Å². The number of ether oxygens (including phenoxy) is 1. The molecule has 4 nitrogen and oxygen atoms in total. The van der Waals surface area contributed by atoms with Gasteiger partial charge in [-0.3, -0.25) is 4.79 Å². The maximum atomic E-state index is 11.9. The first-order valence-corrected chi connectivity index (χ1v) is 7.19. The second kappa shape index (κ2) is 6.54. The van der Waals surface area contributed by atoms with Gasteiger partial charge in [0.2, 0.25) is 0 Å². The van der Waals surface area contributed by atoms with Gasteiger partial charge in [-0.25, -0.2) is 4.79 Å². The number of benzene rings is 1. The molecule has 104 valence electrons. The molecular weight excluding hydrogens is 298 g/mol. The summed E-state index contributed by atoms with van der Waals surface area (Å²) in [6.07, 6.45) is 0. The highest BCUT2D eigenvalue weighted by atomic mass is 35.5. The second-order valence-corrected chi connectivity index (χ2v) is 5.17. The van der Waals surface area contributed by atoms with Crippen molar-refractivity contribution in [2.45, 2.75) is 6.92 Å². The summed E-state index contributed by atoms with van der Waals surface area (Å²) in [5, 5.41) is 4.90. The minimum Gasteiger partial charge on any atom is -0.462 e. The van der Waals surface area contributed by atoms with E-state index in [2.05, 4.69) is 5.32 Å². The second-order valence-electron chi connectivity index (χ2n) is 3.85. The summed E-state index contributed by atoms with van der Waals surface area (Å²) in [6, 6.07) is 8.16. The van der Waals surface area contributed by atoms with Gasteiger partial charge in [0.05, 0.1) is 17.2 Å². The Balaban J connectivity index is 2.06. The van der Waals surface area contributed by atoms with Crippen LogP contribution in [0.1, 0.15) is 27.0 Å². The molecule has 2 rings (SSSR count). The fourth-order valence-electron chi connectivity index (χ4n) is 1.55. The normalized spacial score (nSPS) is 10.1. The van der Waals surface area contributed by atoms with Crippen LogP contribution in [0.2, 0.25) is 5.02 Å². The van der Waals surface area contributed by atoms with Crippen LogP contribution in [0.4, 0.5) is 5.69 Å². The zero-order chi connectivity index (χ0) is 14.5. The number of rotatable bonds is 4. The van der Waals surface area contributed by atoms with Gasteiger partial charge in [0.1, 0.15) is 4.88 Å². The molecule has 2 aromatic rings. The van der Waals surface area contributed by atoms with Gasteiger partial charge in [0.15, 0.2) is 0 Å². The van der Waals surface area contributed by atoms with Crippen LogP contribution in [-0.4, -0.2) is 18.5 Å². The minimum atomic E-state index is -0.383. The van der Waals surface area contributed by atoms with Gasteiger partial charge in [-0.15, -0.1) is 11.3 Å². The number of halogens is 1. The van der Waals surface area contributed by atoms with Crippen molar-refractivity contribution in [1.82, 2.24) is 0 Å². The number of hydrogen-bond donors (Lipinski definition) is 1. The number of amides is 1. The Morgan fingerprint density at radius 3 is 2.50 bits per heavy atom. The smallest absolute Gasteiger partial charge is 0.338 e. The molecule has 1 aromatic heterocycles. The molecule has 1 aromatic carbocycles. The lowest BCUT2D eigenvalue weighted by molar-refractivity contribution is 0.0526. The molecule has 0 bridgehead atoms. The predicted molar refractivity (Wildman–Crippen MR) is 79.7 cm³/mol. The number of carbonyl (C=O) groups excluding carboxylic acids is 2. The van der Waals surface area contributed by atoms with Gasteiger partial charge in [0.25, 0.3) is 5.91 Å². The van der Waals surface area contributed by atoms with Gasteiger partial charge in [-0.2, -0.15) is 0 Å². The number of carbonyl (C=O) groups is 2. The van der Waals surface area contributed by atoms with Crippen LogP contribution < -0.4 is 5.32 Å². The van der Waals surface area contributed by atoms with E-state index in [0.717, 1.165) is 0 Å². The molecule has 0 atom stereocenters. The van der Waals surface area contributed by atoms with Crippen LogP contribution in [-0.2, 0) is 4.74 Å². The van der Waals surface area contributed by atoms with Crippen molar-refractivity contribution in [3.8, 4) is 0 Å². The first kappa shape index (κ1) is 14.6. The van der Waals surface area contributed by atoms with E-state index < -0.39 is 0 Å². The molecular formula is C14H12ClNO3S. The molecule has 0 aliphatic rings. The lowest BCUT2D eigenvalue weighted by atomic mass is 10.2. The number of esters is 1.